The summed E-state index contributed by atoms with van der Waals surface area (Å²) >= 11 is 4.93. The van der Waals surface area contributed by atoms with Gasteiger partial charge in [-0.1, -0.05) is 12.2 Å². The molecular formula is C13H12N4O2S. The zero-order valence-electron chi connectivity index (χ0n) is 10.7. The first kappa shape index (κ1) is 12.6. The Morgan fingerprint density at radius 3 is 2.85 bits per heavy atom. The number of benzene rings is 1. The number of rotatable bonds is 3. The molecule has 0 saturated carbocycles. The number of ether oxygens (including phenoxy) is 2. The van der Waals surface area contributed by atoms with Gasteiger partial charge in [0, 0.05) is 17.4 Å². The minimum absolute atomic E-state index is 0.240. The molecule has 3 rings (SSSR count). The Labute approximate surface area is 120 Å². The van der Waals surface area contributed by atoms with E-state index in [0.29, 0.717) is 17.4 Å². The van der Waals surface area contributed by atoms with Crippen molar-refractivity contribution in [2.75, 3.05) is 12.1 Å². The first-order valence-corrected chi connectivity index (χ1v) is 6.35. The average molecular weight is 288 g/mol. The van der Waals surface area contributed by atoms with E-state index in [-0.39, 0.29) is 11.8 Å². The zero-order chi connectivity index (χ0) is 14.1. The van der Waals surface area contributed by atoms with E-state index in [2.05, 4.69) is 15.3 Å². The number of hydrogen-bond acceptors (Lipinski definition) is 6. The van der Waals surface area contributed by atoms with Gasteiger partial charge in [-0.3, -0.25) is 0 Å². The minimum Gasteiger partial charge on any atom is -0.454 e. The standard InChI is InChI=1S/C13H12N4O2S/c1-7-4-9(12(14)20)17-13(15-7)16-8-2-3-10-11(5-8)19-6-18-10/h2-5H,6H2,1H3,(H2,14,20)(H,15,16,17). The normalized spacial score (nSPS) is 12.2. The van der Waals surface area contributed by atoms with E-state index in [1.807, 2.05) is 25.1 Å². The summed E-state index contributed by atoms with van der Waals surface area (Å²) in [6.45, 7) is 2.10. The number of fused-ring (bicyclic) bond motifs is 1. The van der Waals surface area contributed by atoms with Gasteiger partial charge in [-0.15, -0.1) is 0 Å². The van der Waals surface area contributed by atoms with Crippen molar-refractivity contribution < 1.29 is 9.47 Å². The maximum absolute atomic E-state index is 5.60. The second-order valence-electron chi connectivity index (χ2n) is 4.28. The quantitative estimate of drug-likeness (QED) is 0.834. The van der Waals surface area contributed by atoms with E-state index in [0.717, 1.165) is 17.1 Å². The Bertz CT molecular complexity index is 690. The van der Waals surface area contributed by atoms with Crippen molar-refractivity contribution in [2.45, 2.75) is 6.92 Å². The van der Waals surface area contributed by atoms with Gasteiger partial charge in [-0.2, -0.15) is 0 Å². The van der Waals surface area contributed by atoms with Gasteiger partial charge in [0.05, 0.1) is 0 Å². The number of aryl methyl sites for hydroxylation is 1. The smallest absolute Gasteiger partial charge is 0.231 e. The SMILES string of the molecule is Cc1cc(C(N)=S)nc(Nc2ccc3c(c2)OCO3)n1. The highest BCUT2D eigenvalue weighted by molar-refractivity contribution is 7.80. The van der Waals surface area contributed by atoms with Crippen LogP contribution in [-0.4, -0.2) is 21.7 Å². The molecule has 0 fully saturated rings. The third-order valence-corrected chi connectivity index (χ3v) is 2.94. The topological polar surface area (TPSA) is 82.3 Å². The average Bonchev–Trinajstić information content (AvgIpc) is 2.85. The summed E-state index contributed by atoms with van der Waals surface area (Å²) in [4.78, 5) is 8.80. The fraction of sp³-hybridized carbons (Fsp3) is 0.154. The summed E-state index contributed by atoms with van der Waals surface area (Å²) < 4.78 is 10.6. The Kier molecular flexibility index (Phi) is 3.11. The molecule has 7 heteroatoms. The molecule has 6 nitrogen and oxygen atoms in total. The molecule has 1 aromatic carbocycles. The highest BCUT2D eigenvalue weighted by atomic mass is 32.1. The summed E-state index contributed by atoms with van der Waals surface area (Å²) in [6, 6.07) is 7.26. The number of nitrogens with two attached hydrogens (primary N) is 1. The number of nitrogens with one attached hydrogen (secondary N) is 1. The third kappa shape index (κ3) is 2.48. The second kappa shape index (κ2) is 4.93. The van der Waals surface area contributed by atoms with Crippen molar-refractivity contribution in [3.05, 3.63) is 35.7 Å². The van der Waals surface area contributed by atoms with Crippen LogP contribution in [0.15, 0.2) is 24.3 Å². The number of thiocarbonyl (C=S) groups is 1. The summed E-state index contributed by atoms with van der Waals surface area (Å²) in [5.74, 6) is 1.86. The van der Waals surface area contributed by atoms with Crippen molar-refractivity contribution in [3.63, 3.8) is 0 Å². The predicted molar refractivity (Wildman–Crippen MR) is 78.5 cm³/mol. The number of hydrogen-bond donors (Lipinski definition) is 2. The lowest BCUT2D eigenvalue weighted by atomic mass is 10.3. The first-order valence-electron chi connectivity index (χ1n) is 5.94. The van der Waals surface area contributed by atoms with E-state index < -0.39 is 0 Å². The van der Waals surface area contributed by atoms with E-state index in [1.165, 1.54) is 0 Å². The summed E-state index contributed by atoms with van der Waals surface area (Å²) in [5, 5.41) is 3.10. The van der Waals surface area contributed by atoms with E-state index >= 15 is 0 Å². The van der Waals surface area contributed by atoms with Crippen molar-refractivity contribution in [3.8, 4) is 11.5 Å². The summed E-state index contributed by atoms with van der Waals surface area (Å²) in [5.41, 5.74) is 7.72. The Balaban J connectivity index is 1.89. The lowest BCUT2D eigenvalue weighted by Crippen LogP contribution is -2.13. The largest absolute Gasteiger partial charge is 0.454 e. The van der Waals surface area contributed by atoms with E-state index in [4.69, 9.17) is 27.4 Å². The van der Waals surface area contributed by atoms with Gasteiger partial charge >= 0.3 is 0 Å². The maximum atomic E-state index is 5.60. The van der Waals surface area contributed by atoms with Gasteiger partial charge in [0.1, 0.15) is 10.7 Å². The molecule has 1 aromatic heterocycles. The summed E-state index contributed by atoms with van der Waals surface area (Å²) in [6.07, 6.45) is 0. The molecule has 1 aliphatic heterocycles. The molecule has 20 heavy (non-hydrogen) atoms. The van der Waals surface area contributed by atoms with Crippen LogP contribution in [0.3, 0.4) is 0 Å². The van der Waals surface area contributed by atoms with Gasteiger partial charge in [0.2, 0.25) is 12.7 Å². The molecule has 0 radical (unpaired) electrons. The predicted octanol–water partition coefficient (Wildman–Crippen LogP) is 1.89. The second-order valence-corrected chi connectivity index (χ2v) is 4.72. The van der Waals surface area contributed by atoms with Crippen LogP contribution in [0.2, 0.25) is 0 Å². The van der Waals surface area contributed by atoms with Gasteiger partial charge < -0.3 is 20.5 Å². The Morgan fingerprint density at radius 1 is 1.25 bits per heavy atom. The maximum Gasteiger partial charge on any atom is 0.231 e. The number of anilines is 2. The third-order valence-electron chi connectivity index (χ3n) is 2.74. The molecule has 0 atom stereocenters. The molecule has 1 aliphatic rings. The van der Waals surface area contributed by atoms with Gasteiger partial charge in [-0.05, 0) is 25.1 Å². The molecular weight excluding hydrogens is 276 g/mol. The van der Waals surface area contributed by atoms with Crippen molar-refractivity contribution in [1.29, 1.82) is 0 Å². The van der Waals surface area contributed by atoms with Gasteiger partial charge in [-0.25, -0.2) is 9.97 Å². The van der Waals surface area contributed by atoms with Crippen LogP contribution in [0.1, 0.15) is 11.4 Å². The molecule has 102 valence electrons. The van der Waals surface area contributed by atoms with Crippen LogP contribution in [0.5, 0.6) is 11.5 Å². The molecule has 2 heterocycles. The minimum atomic E-state index is 0.240. The number of nitrogens with zero attached hydrogens (tertiary/aromatic N) is 2. The first-order chi connectivity index (χ1) is 9.61. The lowest BCUT2D eigenvalue weighted by Gasteiger charge is -2.08. The van der Waals surface area contributed by atoms with Crippen LogP contribution in [-0.2, 0) is 0 Å². The molecule has 0 saturated heterocycles. The molecule has 0 bridgehead atoms. The summed E-state index contributed by atoms with van der Waals surface area (Å²) in [7, 11) is 0. The molecule has 0 spiro atoms. The van der Waals surface area contributed by atoms with Crippen molar-refractivity contribution in [2.24, 2.45) is 5.73 Å². The lowest BCUT2D eigenvalue weighted by molar-refractivity contribution is 0.174. The van der Waals surface area contributed by atoms with E-state index in [9.17, 15) is 0 Å². The monoisotopic (exact) mass is 288 g/mol. The molecule has 2 aromatic rings. The highest BCUT2D eigenvalue weighted by Crippen LogP contribution is 2.34. The molecule has 0 unspecified atom stereocenters. The van der Waals surface area contributed by atoms with Crippen LogP contribution in [0.25, 0.3) is 0 Å². The zero-order valence-corrected chi connectivity index (χ0v) is 11.5. The van der Waals surface area contributed by atoms with Crippen LogP contribution >= 0.6 is 12.2 Å². The highest BCUT2D eigenvalue weighted by Gasteiger charge is 2.13. The van der Waals surface area contributed by atoms with Gasteiger partial charge in [0.25, 0.3) is 0 Å². The molecule has 0 amide bonds. The van der Waals surface area contributed by atoms with Gasteiger partial charge in [0.15, 0.2) is 11.5 Å². The number of aromatic nitrogens is 2. The van der Waals surface area contributed by atoms with E-state index in [1.54, 1.807) is 6.07 Å². The fourth-order valence-corrected chi connectivity index (χ4v) is 1.96. The van der Waals surface area contributed by atoms with Crippen molar-refractivity contribution >= 4 is 28.8 Å². The van der Waals surface area contributed by atoms with Crippen LogP contribution in [0, 0.1) is 6.92 Å². The fourth-order valence-electron chi connectivity index (χ4n) is 1.85. The van der Waals surface area contributed by atoms with Crippen LogP contribution < -0.4 is 20.5 Å². The van der Waals surface area contributed by atoms with Crippen LogP contribution in [0.4, 0.5) is 11.6 Å². The molecule has 3 N–H and O–H groups in total. The Hall–Kier alpha value is -2.41. The van der Waals surface area contributed by atoms with Crippen molar-refractivity contribution in [1.82, 2.24) is 9.97 Å². The Morgan fingerprint density at radius 2 is 2.05 bits per heavy atom. The molecule has 0 aliphatic carbocycles.